The zero-order chi connectivity index (χ0) is 19.3. The second kappa shape index (κ2) is 7.07. The largest absolute Gasteiger partial charge is 0.338 e. The van der Waals surface area contributed by atoms with Crippen LogP contribution in [-0.4, -0.2) is 9.97 Å². The molecule has 7 heteroatoms. The topological polar surface area (TPSA) is 37.8 Å². The van der Waals surface area contributed by atoms with Crippen LogP contribution in [0.5, 0.6) is 0 Å². The third kappa shape index (κ3) is 3.65. The van der Waals surface area contributed by atoms with Gasteiger partial charge in [-0.05, 0) is 48.3 Å². The summed E-state index contributed by atoms with van der Waals surface area (Å²) in [5, 5.41) is 5.84. The first kappa shape index (κ1) is 19.3. The van der Waals surface area contributed by atoms with Crippen LogP contribution in [0, 0.1) is 11.3 Å². The van der Waals surface area contributed by atoms with E-state index >= 15 is 0 Å². The van der Waals surface area contributed by atoms with Crippen LogP contribution in [0.4, 0.5) is 11.5 Å². The maximum atomic E-state index is 6.34. The highest BCUT2D eigenvalue weighted by atomic mass is 35.5. The highest BCUT2D eigenvalue weighted by molar-refractivity contribution is 7.19. The SMILES string of the molecule is CC(C)(C)C1CCc2c(sc3ncnc(Nc4cc(Cl)c(Cl)cc4Cl)c23)C1. The minimum absolute atomic E-state index is 0.314. The maximum Gasteiger partial charge on any atom is 0.142 e. The number of hydrogen-bond acceptors (Lipinski definition) is 4. The van der Waals surface area contributed by atoms with E-state index < -0.39 is 0 Å². The molecule has 0 bridgehead atoms. The smallest absolute Gasteiger partial charge is 0.142 e. The van der Waals surface area contributed by atoms with E-state index in [2.05, 4.69) is 36.1 Å². The molecule has 2 heterocycles. The molecule has 0 amide bonds. The second-order valence-electron chi connectivity index (χ2n) is 8.08. The number of benzene rings is 1. The minimum Gasteiger partial charge on any atom is -0.338 e. The predicted molar refractivity (Wildman–Crippen MR) is 117 cm³/mol. The van der Waals surface area contributed by atoms with Gasteiger partial charge in [0.25, 0.3) is 0 Å². The van der Waals surface area contributed by atoms with Crippen molar-refractivity contribution in [2.45, 2.75) is 40.0 Å². The Morgan fingerprint density at radius 1 is 1.07 bits per heavy atom. The summed E-state index contributed by atoms with van der Waals surface area (Å²) in [6.07, 6.45) is 4.94. The lowest BCUT2D eigenvalue weighted by Gasteiger charge is -2.33. The van der Waals surface area contributed by atoms with Gasteiger partial charge in [0.1, 0.15) is 17.0 Å². The van der Waals surface area contributed by atoms with E-state index in [1.807, 2.05) is 0 Å². The van der Waals surface area contributed by atoms with E-state index in [4.69, 9.17) is 34.8 Å². The molecule has 0 saturated heterocycles. The number of halogens is 3. The third-order valence-electron chi connectivity index (χ3n) is 5.33. The molecule has 0 saturated carbocycles. The Kier molecular flexibility index (Phi) is 5.04. The van der Waals surface area contributed by atoms with Gasteiger partial charge in [-0.1, -0.05) is 55.6 Å². The summed E-state index contributed by atoms with van der Waals surface area (Å²) >= 11 is 20.3. The molecular weight excluding hydrogens is 421 g/mol. The van der Waals surface area contributed by atoms with E-state index in [-0.39, 0.29) is 0 Å². The zero-order valence-electron chi connectivity index (χ0n) is 15.4. The van der Waals surface area contributed by atoms with Crippen LogP contribution >= 0.6 is 46.1 Å². The first-order valence-electron chi connectivity index (χ1n) is 8.91. The van der Waals surface area contributed by atoms with Gasteiger partial charge in [0.15, 0.2) is 0 Å². The number of hydrogen-bond donors (Lipinski definition) is 1. The van der Waals surface area contributed by atoms with Gasteiger partial charge in [0.2, 0.25) is 0 Å². The molecule has 1 aliphatic rings. The number of nitrogens with one attached hydrogen (secondary N) is 1. The second-order valence-corrected chi connectivity index (χ2v) is 10.4. The number of thiophene rings is 1. The highest BCUT2D eigenvalue weighted by Crippen LogP contribution is 2.45. The molecule has 2 aromatic heterocycles. The van der Waals surface area contributed by atoms with Crippen LogP contribution in [0.2, 0.25) is 15.1 Å². The summed E-state index contributed by atoms with van der Waals surface area (Å²) in [5.41, 5.74) is 2.37. The van der Waals surface area contributed by atoms with Crippen molar-refractivity contribution in [3.8, 4) is 0 Å². The molecule has 3 aromatic rings. The molecule has 1 unspecified atom stereocenters. The van der Waals surface area contributed by atoms with E-state index in [1.54, 1.807) is 29.8 Å². The van der Waals surface area contributed by atoms with Gasteiger partial charge in [-0.25, -0.2) is 9.97 Å². The first-order valence-corrected chi connectivity index (χ1v) is 10.9. The molecule has 4 rings (SSSR count). The molecular formula is C20H20Cl3N3S. The number of rotatable bonds is 2. The van der Waals surface area contributed by atoms with Crippen molar-refractivity contribution in [1.82, 2.24) is 9.97 Å². The lowest BCUT2D eigenvalue weighted by molar-refractivity contribution is 0.218. The fraction of sp³-hybridized carbons (Fsp3) is 0.400. The lowest BCUT2D eigenvalue weighted by Crippen LogP contribution is -2.26. The van der Waals surface area contributed by atoms with Crippen molar-refractivity contribution in [3.63, 3.8) is 0 Å². The van der Waals surface area contributed by atoms with Crippen LogP contribution in [-0.2, 0) is 12.8 Å². The number of aromatic nitrogens is 2. The number of fused-ring (bicyclic) bond motifs is 3. The lowest BCUT2D eigenvalue weighted by atomic mass is 9.72. The summed E-state index contributed by atoms with van der Waals surface area (Å²) in [6, 6.07) is 3.37. The van der Waals surface area contributed by atoms with E-state index in [0.29, 0.717) is 32.1 Å². The minimum atomic E-state index is 0.314. The molecule has 1 aromatic carbocycles. The van der Waals surface area contributed by atoms with E-state index in [9.17, 15) is 0 Å². The summed E-state index contributed by atoms with van der Waals surface area (Å²) in [7, 11) is 0. The molecule has 142 valence electrons. The Labute approximate surface area is 178 Å². The first-order chi connectivity index (χ1) is 12.7. The standard InChI is InChI=1S/C20H20Cl3N3S/c1-20(2,3)10-4-5-11-16(6-10)27-19-17(11)18(24-9-25-19)26-15-8-13(22)12(21)7-14(15)23/h7-10H,4-6H2,1-3H3,(H,24,25,26). The van der Waals surface area contributed by atoms with Gasteiger partial charge in [-0.15, -0.1) is 11.3 Å². The molecule has 0 spiro atoms. The Morgan fingerprint density at radius 2 is 1.81 bits per heavy atom. The summed E-state index contributed by atoms with van der Waals surface area (Å²) in [5.74, 6) is 1.46. The Bertz CT molecular complexity index is 1020. The predicted octanol–water partition coefficient (Wildman–Crippen LogP) is 7.55. The molecule has 3 nitrogen and oxygen atoms in total. The Morgan fingerprint density at radius 3 is 2.56 bits per heavy atom. The molecule has 1 N–H and O–H groups in total. The number of anilines is 2. The Balaban J connectivity index is 1.76. The average molecular weight is 441 g/mol. The molecule has 1 aliphatic carbocycles. The van der Waals surface area contributed by atoms with Gasteiger partial charge in [0, 0.05) is 4.88 Å². The van der Waals surface area contributed by atoms with Gasteiger partial charge < -0.3 is 5.32 Å². The molecule has 0 radical (unpaired) electrons. The van der Waals surface area contributed by atoms with Crippen molar-refractivity contribution in [3.05, 3.63) is 44.0 Å². The van der Waals surface area contributed by atoms with Gasteiger partial charge >= 0.3 is 0 Å². The van der Waals surface area contributed by atoms with Gasteiger partial charge in [0.05, 0.1) is 26.1 Å². The van der Waals surface area contributed by atoms with Gasteiger partial charge in [-0.2, -0.15) is 0 Å². The van der Waals surface area contributed by atoms with Crippen molar-refractivity contribution >= 4 is 67.9 Å². The number of aryl methyl sites for hydroxylation is 1. The molecule has 27 heavy (non-hydrogen) atoms. The monoisotopic (exact) mass is 439 g/mol. The molecule has 1 atom stereocenters. The summed E-state index contributed by atoms with van der Waals surface area (Å²) in [4.78, 5) is 11.5. The molecule has 0 aliphatic heterocycles. The van der Waals surface area contributed by atoms with Gasteiger partial charge in [-0.3, -0.25) is 0 Å². The Hall–Kier alpha value is -1.07. The fourth-order valence-electron chi connectivity index (χ4n) is 3.69. The average Bonchev–Trinajstić information content (AvgIpc) is 2.97. The fourth-order valence-corrected chi connectivity index (χ4v) is 5.55. The van der Waals surface area contributed by atoms with Crippen molar-refractivity contribution in [1.29, 1.82) is 0 Å². The highest BCUT2D eigenvalue weighted by Gasteiger charge is 2.31. The number of nitrogens with zero attached hydrogens (tertiary/aromatic N) is 2. The van der Waals surface area contributed by atoms with Crippen LogP contribution < -0.4 is 5.32 Å². The summed E-state index contributed by atoms with van der Waals surface area (Å²) < 4.78 is 0. The van der Waals surface area contributed by atoms with Crippen LogP contribution in [0.1, 0.15) is 37.6 Å². The van der Waals surface area contributed by atoms with E-state index in [0.717, 1.165) is 28.9 Å². The van der Waals surface area contributed by atoms with E-state index in [1.165, 1.54) is 16.9 Å². The normalized spacial score (nSPS) is 17.2. The van der Waals surface area contributed by atoms with Crippen molar-refractivity contribution in [2.24, 2.45) is 11.3 Å². The third-order valence-corrected chi connectivity index (χ3v) is 7.53. The van der Waals surface area contributed by atoms with Crippen LogP contribution in [0.3, 0.4) is 0 Å². The quantitative estimate of drug-likeness (QED) is 0.418. The van der Waals surface area contributed by atoms with Crippen LogP contribution in [0.25, 0.3) is 10.2 Å². The molecule has 0 fully saturated rings. The van der Waals surface area contributed by atoms with Crippen LogP contribution in [0.15, 0.2) is 18.5 Å². The van der Waals surface area contributed by atoms with Crippen molar-refractivity contribution in [2.75, 3.05) is 5.32 Å². The maximum absolute atomic E-state index is 6.34. The summed E-state index contributed by atoms with van der Waals surface area (Å²) in [6.45, 7) is 6.99. The van der Waals surface area contributed by atoms with Crippen molar-refractivity contribution < 1.29 is 0 Å². The zero-order valence-corrected chi connectivity index (χ0v) is 18.5.